The molecule has 6 nitrogen and oxygen atoms in total. The Balaban J connectivity index is 1.50. The molecule has 28 heavy (non-hydrogen) atoms. The molecule has 1 saturated carbocycles. The van der Waals surface area contributed by atoms with Crippen molar-refractivity contribution in [2.75, 3.05) is 6.54 Å². The minimum atomic E-state index is -0.233. The average Bonchev–Trinajstić information content (AvgIpc) is 3.07. The number of carbonyl (C=O) groups excluding carboxylic acids is 2. The lowest BCUT2D eigenvalue weighted by molar-refractivity contribution is -0.126. The van der Waals surface area contributed by atoms with Gasteiger partial charge in [0.1, 0.15) is 5.76 Å². The van der Waals surface area contributed by atoms with E-state index in [0.29, 0.717) is 17.3 Å². The number of nitrogens with one attached hydrogen (secondary N) is 2. The molecule has 150 valence electrons. The third kappa shape index (κ3) is 5.44. The van der Waals surface area contributed by atoms with Gasteiger partial charge in [-0.3, -0.25) is 9.59 Å². The quantitative estimate of drug-likeness (QED) is 0.768. The molecule has 0 spiro atoms. The lowest BCUT2D eigenvalue weighted by Crippen LogP contribution is -2.43. The van der Waals surface area contributed by atoms with Gasteiger partial charge in [0.25, 0.3) is 0 Å². The number of aromatic nitrogens is 1. The molecule has 2 N–H and O–H groups in total. The van der Waals surface area contributed by atoms with Crippen molar-refractivity contribution in [3.63, 3.8) is 0 Å². The van der Waals surface area contributed by atoms with E-state index in [4.69, 9.17) is 4.42 Å². The van der Waals surface area contributed by atoms with Crippen LogP contribution in [0.4, 0.5) is 0 Å². The smallest absolute Gasteiger partial charge is 0.239 e. The first-order valence-electron chi connectivity index (χ1n) is 10.2. The number of benzene rings is 1. The Bertz CT molecular complexity index is 805. The van der Waals surface area contributed by atoms with Crippen molar-refractivity contribution >= 4 is 11.8 Å². The van der Waals surface area contributed by atoms with Crippen LogP contribution in [0.2, 0.25) is 0 Å². The van der Waals surface area contributed by atoms with E-state index in [0.717, 1.165) is 37.7 Å². The summed E-state index contributed by atoms with van der Waals surface area (Å²) in [7, 11) is 0. The maximum atomic E-state index is 12.2. The van der Waals surface area contributed by atoms with Gasteiger partial charge in [0.2, 0.25) is 17.7 Å². The van der Waals surface area contributed by atoms with Crippen molar-refractivity contribution in [2.24, 2.45) is 0 Å². The van der Waals surface area contributed by atoms with Crippen molar-refractivity contribution in [3.05, 3.63) is 41.3 Å². The molecule has 1 aromatic heterocycles. The molecule has 0 radical (unpaired) electrons. The Labute approximate surface area is 166 Å². The Hall–Kier alpha value is -2.63. The number of aryl methyl sites for hydroxylation is 2. The van der Waals surface area contributed by atoms with E-state index in [-0.39, 0.29) is 30.8 Å². The van der Waals surface area contributed by atoms with Gasteiger partial charge >= 0.3 is 0 Å². The van der Waals surface area contributed by atoms with Gasteiger partial charge in [-0.15, -0.1) is 0 Å². The van der Waals surface area contributed by atoms with Gasteiger partial charge in [0, 0.05) is 11.6 Å². The van der Waals surface area contributed by atoms with Crippen LogP contribution in [0, 0.1) is 6.92 Å². The van der Waals surface area contributed by atoms with Crippen LogP contribution in [-0.2, 0) is 22.4 Å². The van der Waals surface area contributed by atoms with Gasteiger partial charge < -0.3 is 15.1 Å². The Morgan fingerprint density at radius 3 is 2.50 bits per heavy atom. The molecule has 1 heterocycles. The summed E-state index contributed by atoms with van der Waals surface area (Å²) < 4.78 is 5.73. The van der Waals surface area contributed by atoms with Crippen LogP contribution in [0.1, 0.15) is 56.0 Å². The first kappa shape index (κ1) is 20.1. The van der Waals surface area contributed by atoms with Crippen molar-refractivity contribution < 1.29 is 14.0 Å². The van der Waals surface area contributed by atoms with Crippen LogP contribution >= 0.6 is 0 Å². The molecular formula is C22H29N3O3. The maximum Gasteiger partial charge on any atom is 0.239 e. The van der Waals surface area contributed by atoms with Crippen LogP contribution in [0.15, 0.2) is 28.7 Å². The molecule has 0 saturated heterocycles. The van der Waals surface area contributed by atoms with Gasteiger partial charge in [-0.05, 0) is 43.9 Å². The molecule has 3 rings (SSSR count). The highest BCUT2D eigenvalue weighted by atomic mass is 16.4. The van der Waals surface area contributed by atoms with E-state index >= 15 is 0 Å². The minimum absolute atomic E-state index is 0.00241. The van der Waals surface area contributed by atoms with Crippen LogP contribution in [0.3, 0.4) is 0 Å². The van der Waals surface area contributed by atoms with Crippen LogP contribution in [-0.4, -0.2) is 29.4 Å². The van der Waals surface area contributed by atoms with Crippen LogP contribution < -0.4 is 10.6 Å². The van der Waals surface area contributed by atoms with E-state index in [9.17, 15) is 9.59 Å². The maximum absolute atomic E-state index is 12.2. The van der Waals surface area contributed by atoms with Crippen LogP contribution in [0.25, 0.3) is 11.5 Å². The Morgan fingerprint density at radius 2 is 1.82 bits per heavy atom. The summed E-state index contributed by atoms with van der Waals surface area (Å²) in [5.74, 6) is 0.770. The summed E-state index contributed by atoms with van der Waals surface area (Å²) in [4.78, 5) is 28.7. The summed E-state index contributed by atoms with van der Waals surface area (Å²) in [6, 6.07) is 8.29. The van der Waals surface area contributed by atoms with Crippen molar-refractivity contribution in [1.29, 1.82) is 0 Å². The zero-order valence-corrected chi connectivity index (χ0v) is 16.7. The summed E-state index contributed by atoms with van der Waals surface area (Å²) >= 11 is 0. The summed E-state index contributed by atoms with van der Waals surface area (Å²) in [6.07, 6.45) is 6.69. The summed E-state index contributed by atoms with van der Waals surface area (Å²) in [6.45, 7) is 3.91. The van der Waals surface area contributed by atoms with Gasteiger partial charge in [0.05, 0.1) is 18.7 Å². The third-order valence-corrected chi connectivity index (χ3v) is 5.25. The van der Waals surface area contributed by atoms with E-state index in [1.165, 1.54) is 12.0 Å². The SMILES string of the molecule is CCc1ccc(-c2nc(CC(=O)NCC(=O)NC3CCCCC3)c(C)o2)cc1. The van der Waals surface area contributed by atoms with E-state index in [2.05, 4.69) is 22.5 Å². The van der Waals surface area contributed by atoms with Crippen molar-refractivity contribution in [1.82, 2.24) is 15.6 Å². The molecule has 0 bridgehead atoms. The highest BCUT2D eigenvalue weighted by Crippen LogP contribution is 2.22. The number of oxazole rings is 1. The first-order valence-corrected chi connectivity index (χ1v) is 10.2. The fourth-order valence-corrected chi connectivity index (χ4v) is 3.52. The predicted molar refractivity (Wildman–Crippen MR) is 108 cm³/mol. The average molecular weight is 383 g/mol. The molecule has 6 heteroatoms. The van der Waals surface area contributed by atoms with E-state index in [1.807, 2.05) is 24.3 Å². The second kappa shape index (κ2) is 9.53. The normalized spacial score (nSPS) is 14.6. The molecule has 0 aliphatic heterocycles. The van der Waals surface area contributed by atoms with Crippen molar-refractivity contribution in [2.45, 2.75) is 64.8 Å². The van der Waals surface area contributed by atoms with E-state index in [1.54, 1.807) is 6.92 Å². The molecule has 0 atom stereocenters. The monoisotopic (exact) mass is 383 g/mol. The highest BCUT2D eigenvalue weighted by molar-refractivity contribution is 5.85. The Morgan fingerprint density at radius 1 is 1.11 bits per heavy atom. The number of hydrogen-bond donors (Lipinski definition) is 2. The lowest BCUT2D eigenvalue weighted by Gasteiger charge is -2.22. The second-order valence-corrected chi connectivity index (χ2v) is 7.43. The van der Waals surface area contributed by atoms with Gasteiger partial charge in [-0.1, -0.05) is 38.3 Å². The number of hydrogen-bond acceptors (Lipinski definition) is 4. The number of nitrogens with zero attached hydrogens (tertiary/aromatic N) is 1. The van der Waals surface area contributed by atoms with Gasteiger partial charge in [-0.2, -0.15) is 0 Å². The summed E-state index contributed by atoms with van der Waals surface area (Å²) in [5.41, 5.74) is 2.73. The molecule has 2 aromatic rings. The molecule has 1 aliphatic rings. The minimum Gasteiger partial charge on any atom is -0.441 e. The molecule has 1 aliphatic carbocycles. The zero-order chi connectivity index (χ0) is 19.9. The standard InChI is InChI=1S/C22H29N3O3/c1-3-16-9-11-17(12-10-16)22-25-19(15(2)28-22)13-20(26)23-14-21(27)24-18-7-5-4-6-8-18/h9-12,18H,3-8,13-14H2,1-2H3,(H,23,26)(H,24,27). The predicted octanol–water partition coefficient (Wildman–Crippen LogP) is 3.32. The van der Waals surface area contributed by atoms with E-state index < -0.39 is 0 Å². The molecule has 2 amide bonds. The summed E-state index contributed by atoms with van der Waals surface area (Å²) in [5, 5.41) is 5.68. The highest BCUT2D eigenvalue weighted by Gasteiger charge is 2.18. The fourth-order valence-electron chi connectivity index (χ4n) is 3.52. The van der Waals surface area contributed by atoms with Crippen molar-refractivity contribution in [3.8, 4) is 11.5 Å². The Kier molecular flexibility index (Phi) is 6.85. The van der Waals surface area contributed by atoms with Gasteiger partial charge in [-0.25, -0.2) is 4.98 Å². The molecule has 1 fully saturated rings. The third-order valence-electron chi connectivity index (χ3n) is 5.25. The number of rotatable bonds is 7. The second-order valence-electron chi connectivity index (χ2n) is 7.43. The van der Waals surface area contributed by atoms with Gasteiger partial charge in [0.15, 0.2) is 0 Å². The molecular weight excluding hydrogens is 354 g/mol. The van der Waals surface area contributed by atoms with Crippen LogP contribution in [0.5, 0.6) is 0 Å². The zero-order valence-electron chi connectivity index (χ0n) is 16.7. The fraction of sp³-hybridized carbons (Fsp3) is 0.500. The largest absolute Gasteiger partial charge is 0.441 e. The molecule has 1 aromatic carbocycles. The first-order chi connectivity index (χ1) is 13.5. The topological polar surface area (TPSA) is 84.2 Å². The number of amides is 2. The number of carbonyl (C=O) groups is 2. The molecule has 0 unspecified atom stereocenters. The lowest BCUT2D eigenvalue weighted by atomic mass is 9.95.